The van der Waals surface area contributed by atoms with Crippen molar-refractivity contribution >= 4 is 11.6 Å². The fourth-order valence-electron chi connectivity index (χ4n) is 2.15. The van der Waals surface area contributed by atoms with Crippen molar-refractivity contribution in [1.82, 2.24) is 14.8 Å². The van der Waals surface area contributed by atoms with Crippen molar-refractivity contribution in [3.63, 3.8) is 0 Å². The number of aromatic nitrogens is 3. The number of carbonyl (C=O) groups is 1. The Labute approximate surface area is 147 Å². The standard InChI is InChI=1S/C18H24N4O3/c1-12(2)11-25-15-9-17(24)22(21-18(15)13(3)4)10-16(23)20-14-5-7-19-8-6-14/h5-9,12-13H,10-11H2,1-4H3,(H,19,20,23). The molecule has 2 aromatic heterocycles. The van der Waals surface area contributed by atoms with Gasteiger partial charge in [-0.05, 0) is 18.1 Å². The molecule has 2 rings (SSSR count). The van der Waals surface area contributed by atoms with E-state index < -0.39 is 0 Å². The van der Waals surface area contributed by atoms with Gasteiger partial charge in [0.1, 0.15) is 18.0 Å². The Kier molecular flexibility index (Phi) is 6.27. The van der Waals surface area contributed by atoms with Crippen LogP contribution in [-0.4, -0.2) is 27.3 Å². The topological polar surface area (TPSA) is 86.1 Å². The monoisotopic (exact) mass is 344 g/mol. The molecule has 7 heteroatoms. The van der Waals surface area contributed by atoms with Crippen LogP contribution in [0.1, 0.15) is 39.3 Å². The highest BCUT2D eigenvalue weighted by atomic mass is 16.5. The first-order valence-electron chi connectivity index (χ1n) is 8.31. The molecular weight excluding hydrogens is 320 g/mol. The molecule has 7 nitrogen and oxygen atoms in total. The molecule has 0 saturated heterocycles. The van der Waals surface area contributed by atoms with Crippen molar-refractivity contribution in [2.45, 2.75) is 40.2 Å². The summed E-state index contributed by atoms with van der Waals surface area (Å²) in [5.74, 6) is 0.566. The van der Waals surface area contributed by atoms with Gasteiger partial charge in [-0.1, -0.05) is 27.7 Å². The second kappa shape index (κ2) is 8.41. The lowest BCUT2D eigenvalue weighted by Crippen LogP contribution is -2.30. The quantitative estimate of drug-likeness (QED) is 0.834. The maximum absolute atomic E-state index is 12.3. The zero-order chi connectivity index (χ0) is 18.4. The Morgan fingerprint density at radius 1 is 1.24 bits per heavy atom. The predicted molar refractivity (Wildman–Crippen MR) is 95.8 cm³/mol. The van der Waals surface area contributed by atoms with Gasteiger partial charge in [0.05, 0.1) is 6.61 Å². The van der Waals surface area contributed by atoms with Crippen LogP contribution in [0.3, 0.4) is 0 Å². The first kappa shape index (κ1) is 18.6. The molecule has 1 N–H and O–H groups in total. The van der Waals surface area contributed by atoms with Crippen molar-refractivity contribution in [3.8, 4) is 5.75 Å². The SMILES string of the molecule is CC(C)COc1cc(=O)n(CC(=O)Nc2ccncc2)nc1C(C)C. The summed E-state index contributed by atoms with van der Waals surface area (Å²) in [5, 5.41) is 7.05. The number of rotatable bonds is 7. The molecule has 0 atom stereocenters. The molecule has 25 heavy (non-hydrogen) atoms. The fourth-order valence-corrected chi connectivity index (χ4v) is 2.15. The van der Waals surface area contributed by atoms with Gasteiger partial charge in [0.2, 0.25) is 5.91 Å². The van der Waals surface area contributed by atoms with Gasteiger partial charge < -0.3 is 10.1 Å². The zero-order valence-corrected chi connectivity index (χ0v) is 15.0. The highest BCUT2D eigenvalue weighted by Gasteiger charge is 2.15. The highest BCUT2D eigenvalue weighted by Crippen LogP contribution is 2.22. The van der Waals surface area contributed by atoms with Crippen molar-refractivity contribution < 1.29 is 9.53 Å². The van der Waals surface area contributed by atoms with E-state index in [4.69, 9.17) is 4.74 Å². The lowest BCUT2D eigenvalue weighted by atomic mass is 10.1. The van der Waals surface area contributed by atoms with Crippen LogP contribution in [0.4, 0.5) is 5.69 Å². The third-order valence-electron chi connectivity index (χ3n) is 3.37. The van der Waals surface area contributed by atoms with Gasteiger partial charge >= 0.3 is 0 Å². The minimum atomic E-state index is -0.368. The van der Waals surface area contributed by atoms with Crippen molar-refractivity contribution in [2.75, 3.05) is 11.9 Å². The van der Waals surface area contributed by atoms with Gasteiger partial charge in [-0.25, -0.2) is 4.68 Å². The van der Waals surface area contributed by atoms with E-state index in [0.717, 1.165) is 4.68 Å². The van der Waals surface area contributed by atoms with E-state index in [2.05, 4.69) is 15.4 Å². The summed E-state index contributed by atoms with van der Waals surface area (Å²) in [6, 6.07) is 4.76. The molecule has 0 fully saturated rings. The average Bonchev–Trinajstić information content (AvgIpc) is 2.55. The average molecular weight is 344 g/mol. The molecule has 1 amide bonds. The molecular formula is C18H24N4O3. The predicted octanol–water partition coefficient (Wildman–Crippen LogP) is 2.44. The summed E-state index contributed by atoms with van der Waals surface area (Å²) in [6.45, 7) is 8.35. The molecule has 0 aromatic carbocycles. The van der Waals surface area contributed by atoms with Gasteiger partial charge in [-0.3, -0.25) is 14.6 Å². The van der Waals surface area contributed by atoms with Crippen LogP contribution in [0, 0.1) is 5.92 Å². The van der Waals surface area contributed by atoms with E-state index in [1.54, 1.807) is 24.5 Å². The van der Waals surface area contributed by atoms with E-state index >= 15 is 0 Å². The molecule has 0 aliphatic carbocycles. The number of amides is 1. The summed E-state index contributed by atoms with van der Waals surface area (Å²) in [7, 11) is 0. The van der Waals surface area contributed by atoms with E-state index in [1.807, 2.05) is 27.7 Å². The van der Waals surface area contributed by atoms with Gasteiger partial charge in [0, 0.05) is 30.1 Å². The number of carbonyl (C=O) groups excluding carboxylic acids is 1. The number of nitrogens with zero attached hydrogens (tertiary/aromatic N) is 3. The van der Waals surface area contributed by atoms with Crippen molar-refractivity contribution in [1.29, 1.82) is 0 Å². The first-order chi connectivity index (χ1) is 11.9. The Balaban J connectivity index is 2.19. The molecule has 0 radical (unpaired) electrons. The molecule has 0 unspecified atom stereocenters. The molecule has 0 aliphatic rings. The molecule has 0 aliphatic heterocycles. The normalized spacial score (nSPS) is 11.0. The summed E-state index contributed by atoms with van der Waals surface area (Å²) >= 11 is 0. The van der Waals surface area contributed by atoms with Crippen LogP contribution in [0.15, 0.2) is 35.4 Å². The number of ether oxygens (including phenoxy) is 1. The van der Waals surface area contributed by atoms with Crippen LogP contribution in [0.5, 0.6) is 5.75 Å². The smallest absolute Gasteiger partial charge is 0.270 e. The third kappa shape index (κ3) is 5.41. The van der Waals surface area contributed by atoms with Crippen molar-refractivity contribution in [2.24, 2.45) is 5.92 Å². The molecule has 0 bridgehead atoms. The minimum Gasteiger partial charge on any atom is -0.491 e. The fraction of sp³-hybridized carbons (Fsp3) is 0.444. The Morgan fingerprint density at radius 3 is 2.52 bits per heavy atom. The Bertz CT molecular complexity index is 770. The van der Waals surface area contributed by atoms with Gasteiger partial charge in [-0.2, -0.15) is 5.10 Å². The lowest BCUT2D eigenvalue weighted by molar-refractivity contribution is -0.117. The first-order valence-corrected chi connectivity index (χ1v) is 8.31. The molecule has 0 spiro atoms. The number of hydrogen-bond donors (Lipinski definition) is 1. The number of nitrogens with one attached hydrogen (secondary N) is 1. The second-order valence-corrected chi connectivity index (χ2v) is 6.53. The number of anilines is 1. The largest absolute Gasteiger partial charge is 0.491 e. The summed E-state index contributed by atoms with van der Waals surface area (Å²) < 4.78 is 6.87. The summed E-state index contributed by atoms with van der Waals surface area (Å²) in [5.41, 5.74) is 0.916. The maximum atomic E-state index is 12.3. The van der Waals surface area contributed by atoms with E-state index in [1.165, 1.54) is 6.07 Å². The number of hydrogen-bond acceptors (Lipinski definition) is 5. The van der Waals surface area contributed by atoms with Gasteiger partial charge in [-0.15, -0.1) is 0 Å². The van der Waals surface area contributed by atoms with Crippen LogP contribution in [-0.2, 0) is 11.3 Å². The van der Waals surface area contributed by atoms with E-state index in [-0.39, 0.29) is 23.9 Å². The molecule has 0 saturated carbocycles. The Hall–Kier alpha value is -2.70. The van der Waals surface area contributed by atoms with E-state index in [9.17, 15) is 9.59 Å². The minimum absolute atomic E-state index is 0.0669. The second-order valence-electron chi connectivity index (χ2n) is 6.53. The molecule has 2 aromatic rings. The zero-order valence-electron chi connectivity index (χ0n) is 15.0. The van der Waals surface area contributed by atoms with Crippen LogP contribution in [0.2, 0.25) is 0 Å². The van der Waals surface area contributed by atoms with E-state index in [0.29, 0.717) is 29.7 Å². The lowest BCUT2D eigenvalue weighted by Gasteiger charge is -2.16. The van der Waals surface area contributed by atoms with Crippen molar-refractivity contribution in [3.05, 3.63) is 46.6 Å². The summed E-state index contributed by atoms with van der Waals surface area (Å²) in [6.07, 6.45) is 3.16. The van der Waals surface area contributed by atoms with Gasteiger partial charge in [0.25, 0.3) is 5.56 Å². The van der Waals surface area contributed by atoms with Crippen LogP contribution in [0.25, 0.3) is 0 Å². The Morgan fingerprint density at radius 2 is 1.92 bits per heavy atom. The maximum Gasteiger partial charge on any atom is 0.270 e. The van der Waals surface area contributed by atoms with Crippen LogP contribution < -0.4 is 15.6 Å². The number of pyridine rings is 1. The van der Waals surface area contributed by atoms with Gasteiger partial charge in [0.15, 0.2) is 0 Å². The van der Waals surface area contributed by atoms with Crippen LogP contribution >= 0.6 is 0 Å². The molecule has 134 valence electrons. The third-order valence-corrected chi connectivity index (χ3v) is 3.37. The molecule has 2 heterocycles. The highest BCUT2D eigenvalue weighted by molar-refractivity contribution is 5.90. The summed E-state index contributed by atoms with van der Waals surface area (Å²) in [4.78, 5) is 28.3.